The van der Waals surface area contributed by atoms with Crippen LogP contribution in [0.4, 0.5) is 0 Å². The molecule has 1 aliphatic carbocycles. The number of nitrogens with zero attached hydrogens (tertiary/aromatic N) is 3. The summed E-state index contributed by atoms with van der Waals surface area (Å²) in [6.45, 7) is 4.83. The highest BCUT2D eigenvalue weighted by molar-refractivity contribution is 5.79. The fourth-order valence-electron chi connectivity index (χ4n) is 3.46. The molecule has 1 amide bonds. The summed E-state index contributed by atoms with van der Waals surface area (Å²) in [6, 6.07) is 6.64. The zero-order valence-electron chi connectivity index (χ0n) is 13.7. The summed E-state index contributed by atoms with van der Waals surface area (Å²) in [5.74, 6) is 0.395. The van der Waals surface area contributed by atoms with E-state index in [-0.39, 0.29) is 11.8 Å². The lowest BCUT2D eigenvalue weighted by Crippen LogP contribution is -2.43. The highest BCUT2D eigenvalue weighted by Gasteiger charge is 2.30. The van der Waals surface area contributed by atoms with Crippen LogP contribution in [0.3, 0.4) is 0 Å². The van der Waals surface area contributed by atoms with E-state index in [1.54, 1.807) is 0 Å². The maximum Gasteiger partial charge on any atom is 0.224 e. The van der Waals surface area contributed by atoms with Crippen LogP contribution in [0.5, 0.6) is 0 Å². The van der Waals surface area contributed by atoms with Crippen molar-refractivity contribution in [1.29, 1.82) is 0 Å². The van der Waals surface area contributed by atoms with E-state index < -0.39 is 0 Å². The summed E-state index contributed by atoms with van der Waals surface area (Å²) < 4.78 is 2.14. The molecule has 2 aromatic rings. The number of hydrogen-bond acceptors (Lipinski definition) is 3. The highest BCUT2D eigenvalue weighted by Crippen LogP contribution is 2.23. The molecule has 0 spiro atoms. The van der Waals surface area contributed by atoms with Crippen LogP contribution in [-0.4, -0.2) is 39.3 Å². The van der Waals surface area contributed by atoms with E-state index >= 15 is 0 Å². The number of piperidine rings is 1. The van der Waals surface area contributed by atoms with Crippen LogP contribution in [0.25, 0.3) is 5.65 Å². The Kier molecular flexibility index (Phi) is 3.81. The molecule has 0 aromatic carbocycles. The Morgan fingerprint density at radius 3 is 3.00 bits per heavy atom. The first kappa shape index (κ1) is 14.7. The van der Waals surface area contributed by atoms with Crippen LogP contribution in [0, 0.1) is 12.8 Å². The van der Waals surface area contributed by atoms with E-state index in [1.807, 2.05) is 12.1 Å². The predicted octanol–water partition coefficient (Wildman–Crippen LogP) is 2.13. The second-order valence-corrected chi connectivity index (χ2v) is 6.98. The van der Waals surface area contributed by atoms with Gasteiger partial charge in [-0.1, -0.05) is 6.07 Å². The zero-order valence-corrected chi connectivity index (χ0v) is 13.7. The molecule has 1 aliphatic heterocycles. The van der Waals surface area contributed by atoms with Gasteiger partial charge >= 0.3 is 0 Å². The SMILES string of the molecule is Cc1cccc2nc(CN3CCC[C@@H](C(=O)NC4CC4)C3)cn12. The number of hydrogen-bond donors (Lipinski definition) is 1. The summed E-state index contributed by atoms with van der Waals surface area (Å²) in [6.07, 6.45) is 6.54. The minimum atomic E-state index is 0.142. The smallest absolute Gasteiger partial charge is 0.224 e. The van der Waals surface area contributed by atoms with Crippen molar-refractivity contribution in [2.45, 2.75) is 45.2 Å². The number of carbonyl (C=O) groups is 1. The standard InChI is InChI=1S/C18H24N4O/c1-13-4-2-6-17-19-16(12-22(13)17)11-21-9-3-5-14(10-21)18(23)20-15-7-8-15/h2,4,6,12,14-15H,3,5,7-11H2,1H3,(H,20,23)/t14-/m1/s1. The maximum absolute atomic E-state index is 12.3. The van der Waals surface area contributed by atoms with Gasteiger partial charge in [0.05, 0.1) is 11.6 Å². The van der Waals surface area contributed by atoms with Gasteiger partial charge in [0.25, 0.3) is 0 Å². The molecule has 2 aliphatic rings. The number of rotatable bonds is 4. The number of likely N-dealkylation sites (tertiary alicyclic amines) is 1. The Labute approximate surface area is 136 Å². The topological polar surface area (TPSA) is 49.6 Å². The highest BCUT2D eigenvalue weighted by atomic mass is 16.2. The second kappa shape index (κ2) is 5.96. The van der Waals surface area contributed by atoms with Crippen molar-refractivity contribution in [2.75, 3.05) is 13.1 Å². The minimum Gasteiger partial charge on any atom is -0.353 e. The average Bonchev–Trinajstić information content (AvgIpc) is 3.25. The monoisotopic (exact) mass is 312 g/mol. The number of aryl methyl sites for hydroxylation is 1. The molecule has 1 saturated heterocycles. The van der Waals surface area contributed by atoms with Crippen LogP contribution in [0.2, 0.25) is 0 Å². The van der Waals surface area contributed by atoms with Crippen LogP contribution in [0.15, 0.2) is 24.4 Å². The van der Waals surface area contributed by atoms with Gasteiger partial charge in [0.1, 0.15) is 5.65 Å². The van der Waals surface area contributed by atoms with Gasteiger partial charge < -0.3 is 9.72 Å². The first-order chi connectivity index (χ1) is 11.2. The molecule has 0 bridgehead atoms. The fraction of sp³-hybridized carbons (Fsp3) is 0.556. The van der Waals surface area contributed by atoms with Crippen molar-refractivity contribution in [2.24, 2.45) is 5.92 Å². The van der Waals surface area contributed by atoms with Crippen molar-refractivity contribution >= 4 is 11.6 Å². The van der Waals surface area contributed by atoms with Gasteiger partial charge in [-0.25, -0.2) is 4.98 Å². The van der Waals surface area contributed by atoms with Gasteiger partial charge in [0, 0.05) is 31.0 Å². The van der Waals surface area contributed by atoms with Gasteiger partial charge in [-0.3, -0.25) is 9.69 Å². The van der Waals surface area contributed by atoms with Crippen molar-refractivity contribution in [3.8, 4) is 0 Å². The molecular weight excluding hydrogens is 288 g/mol. The number of pyridine rings is 1. The first-order valence-corrected chi connectivity index (χ1v) is 8.65. The number of aromatic nitrogens is 2. The summed E-state index contributed by atoms with van der Waals surface area (Å²) in [5, 5.41) is 3.15. The minimum absolute atomic E-state index is 0.142. The molecule has 5 nitrogen and oxygen atoms in total. The molecule has 2 fully saturated rings. The zero-order chi connectivity index (χ0) is 15.8. The lowest BCUT2D eigenvalue weighted by atomic mass is 9.97. The van der Waals surface area contributed by atoms with Crippen molar-refractivity contribution in [3.63, 3.8) is 0 Å². The molecule has 2 aromatic heterocycles. The summed E-state index contributed by atoms with van der Waals surface area (Å²) in [5.41, 5.74) is 3.28. The Morgan fingerprint density at radius 1 is 1.35 bits per heavy atom. The largest absolute Gasteiger partial charge is 0.353 e. The summed E-state index contributed by atoms with van der Waals surface area (Å²) in [7, 11) is 0. The third-order valence-corrected chi connectivity index (χ3v) is 4.93. The van der Waals surface area contributed by atoms with Crippen LogP contribution < -0.4 is 5.32 Å². The van der Waals surface area contributed by atoms with Crippen molar-refractivity contribution in [1.82, 2.24) is 19.6 Å². The predicted molar refractivity (Wildman–Crippen MR) is 89.1 cm³/mol. The lowest BCUT2D eigenvalue weighted by molar-refractivity contribution is -0.126. The quantitative estimate of drug-likeness (QED) is 0.941. The number of fused-ring (bicyclic) bond motifs is 1. The van der Waals surface area contributed by atoms with E-state index in [0.29, 0.717) is 6.04 Å². The van der Waals surface area contributed by atoms with Crippen LogP contribution in [-0.2, 0) is 11.3 Å². The van der Waals surface area contributed by atoms with E-state index in [2.05, 4.69) is 33.8 Å². The Hall–Kier alpha value is -1.88. The normalized spacial score (nSPS) is 22.4. The summed E-state index contributed by atoms with van der Waals surface area (Å²) in [4.78, 5) is 19.4. The average molecular weight is 312 g/mol. The molecule has 0 unspecified atom stereocenters. The van der Waals surface area contributed by atoms with E-state index in [1.165, 1.54) is 5.69 Å². The molecule has 3 heterocycles. The van der Waals surface area contributed by atoms with Gasteiger partial charge in [-0.2, -0.15) is 0 Å². The number of amides is 1. The van der Waals surface area contributed by atoms with Crippen molar-refractivity contribution in [3.05, 3.63) is 35.8 Å². The third kappa shape index (κ3) is 3.24. The van der Waals surface area contributed by atoms with E-state index in [0.717, 1.165) is 56.7 Å². The van der Waals surface area contributed by atoms with Gasteiger partial charge in [-0.05, 0) is 51.3 Å². The first-order valence-electron chi connectivity index (χ1n) is 8.65. The molecule has 4 rings (SSSR count). The molecule has 0 radical (unpaired) electrons. The molecular formula is C18H24N4O. The van der Waals surface area contributed by atoms with Crippen LogP contribution >= 0.6 is 0 Å². The van der Waals surface area contributed by atoms with Gasteiger partial charge in [0.15, 0.2) is 0 Å². The summed E-state index contributed by atoms with van der Waals surface area (Å²) >= 11 is 0. The fourth-order valence-corrected chi connectivity index (χ4v) is 3.46. The maximum atomic E-state index is 12.3. The van der Waals surface area contributed by atoms with E-state index in [9.17, 15) is 4.79 Å². The Balaban J connectivity index is 1.42. The number of nitrogens with one attached hydrogen (secondary N) is 1. The van der Waals surface area contributed by atoms with E-state index in [4.69, 9.17) is 4.98 Å². The molecule has 23 heavy (non-hydrogen) atoms. The molecule has 5 heteroatoms. The molecule has 1 atom stereocenters. The van der Waals surface area contributed by atoms with Gasteiger partial charge in [-0.15, -0.1) is 0 Å². The number of carbonyl (C=O) groups excluding carboxylic acids is 1. The van der Waals surface area contributed by atoms with Crippen molar-refractivity contribution < 1.29 is 4.79 Å². The Morgan fingerprint density at radius 2 is 2.22 bits per heavy atom. The third-order valence-electron chi connectivity index (χ3n) is 4.93. The lowest BCUT2D eigenvalue weighted by Gasteiger charge is -2.31. The molecule has 1 saturated carbocycles. The van der Waals surface area contributed by atoms with Gasteiger partial charge in [0.2, 0.25) is 5.91 Å². The molecule has 122 valence electrons. The van der Waals surface area contributed by atoms with Crippen LogP contribution in [0.1, 0.15) is 37.1 Å². The molecule has 1 N–H and O–H groups in total. The second-order valence-electron chi connectivity index (χ2n) is 6.98. The Bertz CT molecular complexity index is 719. The number of imidazole rings is 1.